The molecule has 9 heteroatoms. The topological polar surface area (TPSA) is 77.1 Å². The molecule has 0 aromatic heterocycles. The van der Waals surface area contributed by atoms with Crippen molar-refractivity contribution in [2.75, 3.05) is 126 Å². The van der Waals surface area contributed by atoms with Crippen LogP contribution in [0.15, 0.2) is 0 Å². The van der Waals surface area contributed by atoms with Gasteiger partial charge in [-0.2, -0.15) is 0 Å². The smallest absolute Gasteiger partial charge is 0.0701 e. The Morgan fingerprint density at radius 2 is 0.656 bits per heavy atom. The standard InChI is InChI=1S/C23H49NO8/c1-4-5-6-8-25-10-12-27-14-16-29-18-20-31-22-23-32-21-19-30-17-15-28-13-11-26-9-7-24(2)3/h4-23H2,1-3H3. The fourth-order valence-electron chi connectivity index (χ4n) is 2.34. The van der Waals surface area contributed by atoms with Gasteiger partial charge in [0.2, 0.25) is 0 Å². The summed E-state index contributed by atoms with van der Waals surface area (Å²) in [6, 6.07) is 0. The Morgan fingerprint density at radius 1 is 0.375 bits per heavy atom. The van der Waals surface area contributed by atoms with E-state index < -0.39 is 0 Å². The van der Waals surface area contributed by atoms with Crippen molar-refractivity contribution in [2.24, 2.45) is 0 Å². The lowest BCUT2D eigenvalue weighted by Crippen LogP contribution is -2.19. The van der Waals surface area contributed by atoms with Crippen LogP contribution in [0.1, 0.15) is 26.2 Å². The highest BCUT2D eigenvalue weighted by Gasteiger charge is 1.95. The van der Waals surface area contributed by atoms with Crippen molar-refractivity contribution in [3.05, 3.63) is 0 Å². The van der Waals surface area contributed by atoms with Crippen molar-refractivity contribution in [3.8, 4) is 0 Å². The van der Waals surface area contributed by atoms with E-state index in [1.807, 2.05) is 14.1 Å². The maximum absolute atomic E-state index is 5.47. The first-order valence-electron chi connectivity index (χ1n) is 12.0. The molecular formula is C23H49NO8. The highest BCUT2D eigenvalue weighted by Crippen LogP contribution is 1.94. The first kappa shape index (κ1) is 31.6. The predicted molar refractivity (Wildman–Crippen MR) is 125 cm³/mol. The Morgan fingerprint density at radius 3 is 0.938 bits per heavy atom. The monoisotopic (exact) mass is 467 g/mol. The van der Waals surface area contributed by atoms with Gasteiger partial charge in [-0.3, -0.25) is 0 Å². The minimum atomic E-state index is 0.547. The number of rotatable bonds is 28. The summed E-state index contributed by atoms with van der Waals surface area (Å²) in [5.41, 5.74) is 0. The molecule has 0 radical (unpaired) electrons. The molecule has 0 heterocycles. The molecule has 0 saturated heterocycles. The molecular weight excluding hydrogens is 418 g/mol. The van der Waals surface area contributed by atoms with Crippen LogP contribution >= 0.6 is 0 Å². The molecule has 0 aromatic rings. The molecule has 32 heavy (non-hydrogen) atoms. The average molecular weight is 468 g/mol. The van der Waals surface area contributed by atoms with Gasteiger partial charge in [0.05, 0.1) is 99.1 Å². The second-order valence-corrected chi connectivity index (χ2v) is 7.41. The molecule has 0 rings (SSSR count). The van der Waals surface area contributed by atoms with E-state index in [4.69, 9.17) is 37.9 Å². The van der Waals surface area contributed by atoms with E-state index in [1.165, 1.54) is 12.8 Å². The van der Waals surface area contributed by atoms with Crippen molar-refractivity contribution in [1.82, 2.24) is 4.90 Å². The van der Waals surface area contributed by atoms with Gasteiger partial charge >= 0.3 is 0 Å². The van der Waals surface area contributed by atoms with E-state index >= 15 is 0 Å². The van der Waals surface area contributed by atoms with Crippen LogP contribution < -0.4 is 0 Å². The SMILES string of the molecule is CCCCCOCCOCCOCCOCCOCCOCCOCCOCCN(C)C. The molecule has 0 fully saturated rings. The van der Waals surface area contributed by atoms with Crippen molar-refractivity contribution < 1.29 is 37.9 Å². The first-order chi connectivity index (χ1) is 15.8. The fraction of sp³-hybridized carbons (Fsp3) is 1.00. The summed E-state index contributed by atoms with van der Waals surface area (Å²) >= 11 is 0. The van der Waals surface area contributed by atoms with E-state index in [9.17, 15) is 0 Å². The lowest BCUT2D eigenvalue weighted by Gasteiger charge is -2.10. The Balaban J connectivity index is 3.00. The number of nitrogens with zero attached hydrogens (tertiary/aromatic N) is 1. The van der Waals surface area contributed by atoms with Crippen molar-refractivity contribution >= 4 is 0 Å². The zero-order valence-corrected chi connectivity index (χ0v) is 20.9. The Kier molecular flexibility index (Phi) is 28.4. The van der Waals surface area contributed by atoms with E-state index in [1.54, 1.807) is 0 Å². The minimum Gasteiger partial charge on any atom is -0.379 e. The third kappa shape index (κ3) is 29.6. The second kappa shape index (κ2) is 28.7. The Bertz CT molecular complexity index is 337. The van der Waals surface area contributed by atoms with Gasteiger partial charge in [0, 0.05) is 13.2 Å². The quantitative estimate of drug-likeness (QED) is 0.160. The molecule has 0 N–H and O–H groups in total. The Hall–Kier alpha value is -0.360. The summed E-state index contributed by atoms with van der Waals surface area (Å²) in [6.45, 7) is 12.7. The Labute approximate surface area is 195 Å². The summed E-state index contributed by atoms with van der Waals surface area (Å²) in [5.74, 6) is 0. The second-order valence-electron chi connectivity index (χ2n) is 7.41. The van der Waals surface area contributed by atoms with Crippen LogP contribution in [-0.2, 0) is 37.9 Å². The largest absolute Gasteiger partial charge is 0.379 e. The minimum absolute atomic E-state index is 0.547. The van der Waals surface area contributed by atoms with Gasteiger partial charge in [-0.25, -0.2) is 0 Å². The number of hydrogen-bond donors (Lipinski definition) is 0. The van der Waals surface area contributed by atoms with Gasteiger partial charge in [0.15, 0.2) is 0 Å². The first-order valence-corrected chi connectivity index (χ1v) is 12.0. The van der Waals surface area contributed by atoms with Crippen LogP contribution in [0.25, 0.3) is 0 Å². The maximum atomic E-state index is 5.47. The normalized spacial score (nSPS) is 11.6. The van der Waals surface area contributed by atoms with E-state index in [0.717, 1.165) is 26.2 Å². The maximum Gasteiger partial charge on any atom is 0.0701 e. The summed E-state index contributed by atoms with van der Waals surface area (Å²) in [5, 5.41) is 0. The van der Waals surface area contributed by atoms with Crippen LogP contribution in [0.2, 0.25) is 0 Å². The van der Waals surface area contributed by atoms with Gasteiger partial charge in [0.25, 0.3) is 0 Å². The number of hydrogen-bond acceptors (Lipinski definition) is 9. The number of likely N-dealkylation sites (N-methyl/N-ethyl adjacent to an activating group) is 1. The lowest BCUT2D eigenvalue weighted by molar-refractivity contribution is -0.0233. The summed E-state index contributed by atoms with van der Waals surface area (Å²) in [6.07, 6.45) is 3.57. The highest BCUT2D eigenvalue weighted by molar-refractivity contribution is 4.41. The summed E-state index contributed by atoms with van der Waals surface area (Å²) < 4.78 is 43.6. The fourth-order valence-corrected chi connectivity index (χ4v) is 2.34. The summed E-state index contributed by atoms with van der Waals surface area (Å²) in [4.78, 5) is 2.09. The highest BCUT2D eigenvalue weighted by atomic mass is 16.6. The van der Waals surface area contributed by atoms with Gasteiger partial charge < -0.3 is 42.8 Å². The van der Waals surface area contributed by atoms with Crippen molar-refractivity contribution in [3.63, 3.8) is 0 Å². The molecule has 0 aliphatic rings. The predicted octanol–water partition coefficient (Wildman–Crippen LogP) is 1.87. The van der Waals surface area contributed by atoms with Gasteiger partial charge in [-0.15, -0.1) is 0 Å². The molecule has 0 saturated carbocycles. The van der Waals surface area contributed by atoms with Crippen LogP contribution in [0.5, 0.6) is 0 Å². The molecule has 0 bridgehead atoms. The average Bonchev–Trinajstić information content (AvgIpc) is 2.78. The molecule has 9 nitrogen and oxygen atoms in total. The van der Waals surface area contributed by atoms with Gasteiger partial charge in [0.1, 0.15) is 0 Å². The van der Waals surface area contributed by atoms with Crippen LogP contribution in [0.3, 0.4) is 0 Å². The molecule has 0 aromatic carbocycles. The molecule has 0 spiro atoms. The third-order valence-electron chi connectivity index (χ3n) is 4.18. The van der Waals surface area contributed by atoms with Crippen molar-refractivity contribution in [2.45, 2.75) is 26.2 Å². The molecule has 0 aliphatic carbocycles. The molecule has 0 amide bonds. The van der Waals surface area contributed by atoms with Crippen LogP contribution in [0.4, 0.5) is 0 Å². The molecule has 194 valence electrons. The molecule has 0 unspecified atom stereocenters. The van der Waals surface area contributed by atoms with Crippen LogP contribution in [0, 0.1) is 0 Å². The zero-order chi connectivity index (χ0) is 23.4. The van der Waals surface area contributed by atoms with Gasteiger partial charge in [-0.1, -0.05) is 19.8 Å². The third-order valence-corrected chi connectivity index (χ3v) is 4.18. The van der Waals surface area contributed by atoms with Crippen LogP contribution in [-0.4, -0.2) is 131 Å². The van der Waals surface area contributed by atoms with E-state index in [2.05, 4.69) is 11.8 Å². The zero-order valence-electron chi connectivity index (χ0n) is 20.9. The number of unbranched alkanes of at least 4 members (excludes halogenated alkanes) is 2. The van der Waals surface area contributed by atoms with E-state index in [0.29, 0.717) is 92.5 Å². The molecule has 0 aliphatic heterocycles. The molecule has 0 atom stereocenters. The van der Waals surface area contributed by atoms with E-state index in [-0.39, 0.29) is 0 Å². The lowest BCUT2D eigenvalue weighted by atomic mass is 10.3. The summed E-state index contributed by atoms with van der Waals surface area (Å²) in [7, 11) is 4.05. The van der Waals surface area contributed by atoms with Gasteiger partial charge in [-0.05, 0) is 20.5 Å². The number of ether oxygens (including phenoxy) is 8. The van der Waals surface area contributed by atoms with Crippen molar-refractivity contribution in [1.29, 1.82) is 0 Å².